The zero-order chi connectivity index (χ0) is 12.0. The van der Waals surface area contributed by atoms with Gasteiger partial charge in [-0.2, -0.15) is 0 Å². The van der Waals surface area contributed by atoms with E-state index in [0.29, 0.717) is 5.56 Å². The molecule has 1 N–H and O–H groups in total. The van der Waals surface area contributed by atoms with Crippen LogP contribution in [0.2, 0.25) is 0 Å². The lowest BCUT2D eigenvalue weighted by molar-refractivity contribution is -0.129. The van der Waals surface area contributed by atoms with Gasteiger partial charge in [-0.05, 0) is 6.07 Å². The highest BCUT2D eigenvalue weighted by Crippen LogP contribution is 2.07. The minimum atomic E-state index is -0.324. The lowest BCUT2D eigenvalue weighted by Gasteiger charge is -2.11. The average Bonchev–Trinajstić information content (AvgIpc) is 2.19. The van der Waals surface area contributed by atoms with E-state index in [4.69, 9.17) is 4.74 Å². The zero-order valence-corrected chi connectivity index (χ0v) is 9.37. The van der Waals surface area contributed by atoms with Crippen molar-refractivity contribution in [2.24, 2.45) is 0 Å². The Labute approximate surface area is 94.0 Å². The van der Waals surface area contributed by atoms with E-state index in [9.17, 15) is 9.18 Å². The molecular formula is C11H15FN2O2. The second-order valence-electron chi connectivity index (χ2n) is 3.51. The van der Waals surface area contributed by atoms with Crippen LogP contribution in [0.5, 0.6) is 0 Å². The number of amides is 1. The lowest BCUT2D eigenvalue weighted by Crippen LogP contribution is -2.38. The third-order valence-electron chi connectivity index (χ3n) is 1.80. The molecule has 0 spiro atoms. The van der Waals surface area contributed by atoms with E-state index in [1.807, 2.05) is 0 Å². The molecule has 0 aromatic heterocycles. The van der Waals surface area contributed by atoms with Crippen LogP contribution in [0, 0.1) is 5.82 Å². The van der Waals surface area contributed by atoms with Crippen LogP contribution in [-0.2, 0) is 16.1 Å². The second-order valence-corrected chi connectivity index (χ2v) is 3.51. The molecule has 16 heavy (non-hydrogen) atoms. The maximum absolute atomic E-state index is 13.1. The molecule has 88 valence electrons. The predicted octanol–water partition coefficient (Wildman–Crippen LogP) is 0.935. The Balaban J connectivity index is 2.31. The number of nitrogens with one attached hydrogen (secondary N) is 1. The largest absolute Gasteiger partial charge is 0.367 e. The molecule has 0 bridgehead atoms. The standard InChI is InChI=1S/C11H15FN2O2/c1-14(2)13-11(15)8-16-7-9-5-3-4-6-10(9)12/h3-6H,7-8H2,1-2H3,(H,13,15). The van der Waals surface area contributed by atoms with Gasteiger partial charge in [-0.25, -0.2) is 9.40 Å². The molecule has 0 radical (unpaired) electrons. The number of halogens is 1. The minimum Gasteiger partial charge on any atom is -0.367 e. The Morgan fingerprint density at radius 3 is 2.75 bits per heavy atom. The van der Waals surface area contributed by atoms with Gasteiger partial charge >= 0.3 is 0 Å². The number of carbonyl (C=O) groups is 1. The van der Waals surface area contributed by atoms with Crippen LogP contribution < -0.4 is 5.43 Å². The summed E-state index contributed by atoms with van der Waals surface area (Å²) in [5.41, 5.74) is 2.96. The van der Waals surface area contributed by atoms with Gasteiger partial charge in [-0.3, -0.25) is 10.2 Å². The van der Waals surface area contributed by atoms with Gasteiger partial charge in [0, 0.05) is 19.7 Å². The SMILES string of the molecule is CN(C)NC(=O)COCc1ccccc1F. The highest BCUT2D eigenvalue weighted by atomic mass is 19.1. The molecule has 1 amide bonds. The number of hydrogen-bond acceptors (Lipinski definition) is 3. The van der Waals surface area contributed by atoms with E-state index in [2.05, 4.69) is 5.43 Å². The Bertz CT molecular complexity index is 356. The first kappa shape index (κ1) is 12.6. The van der Waals surface area contributed by atoms with Gasteiger partial charge in [-0.15, -0.1) is 0 Å². The van der Waals surface area contributed by atoms with Crippen molar-refractivity contribution in [3.63, 3.8) is 0 Å². The van der Waals surface area contributed by atoms with Crippen LogP contribution in [0.1, 0.15) is 5.56 Å². The van der Waals surface area contributed by atoms with Crippen molar-refractivity contribution in [2.45, 2.75) is 6.61 Å². The van der Waals surface area contributed by atoms with Gasteiger partial charge in [0.15, 0.2) is 0 Å². The molecule has 0 aliphatic heterocycles. The lowest BCUT2D eigenvalue weighted by atomic mass is 10.2. The molecule has 1 aromatic carbocycles. The molecule has 1 rings (SSSR count). The van der Waals surface area contributed by atoms with Crippen LogP contribution >= 0.6 is 0 Å². The summed E-state index contributed by atoms with van der Waals surface area (Å²) < 4.78 is 18.2. The third-order valence-corrected chi connectivity index (χ3v) is 1.80. The molecule has 5 heteroatoms. The molecular weight excluding hydrogens is 211 g/mol. The normalized spacial score (nSPS) is 10.5. The van der Waals surface area contributed by atoms with Crippen LogP contribution in [0.15, 0.2) is 24.3 Å². The van der Waals surface area contributed by atoms with Gasteiger partial charge in [-0.1, -0.05) is 18.2 Å². The zero-order valence-electron chi connectivity index (χ0n) is 9.37. The number of hydrazine groups is 1. The summed E-state index contributed by atoms with van der Waals surface area (Å²) >= 11 is 0. The summed E-state index contributed by atoms with van der Waals surface area (Å²) in [6.45, 7) is 0.0000359. The highest BCUT2D eigenvalue weighted by Gasteiger charge is 2.04. The predicted molar refractivity (Wildman–Crippen MR) is 57.9 cm³/mol. The highest BCUT2D eigenvalue weighted by molar-refractivity contribution is 5.76. The summed E-state index contributed by atoms with van der Waals surface area (Å²) in [6.07, 6.45) is 0. The Morgan fingerprint density at radius 2 is 2.12 bits per heavy atom. The van der Waals surface area contributed by atoms with Gasteiger partial charge in [0.2, 0.25) is 0 Å². The fourth-order valence-corrected chi connectivity index (χ4v) is 1.15. The monoisotopic (exact) mass is 226 g/mol. The molecule has 0 saturated heterocycles. The average molecular weight is 226 g/mol. The Morgan fingerprint density at radius 1 is 1.44 bits per heavy atom. The van der Waals surface area contributed by atoms with E-state index in [1.165, 1.54) is 11.1 Å². The van der Waals surface area contributed by atoms with E-state index >= 15 is 0 Å². The van der Waals surface area contributed by atoms with Gasteiger partial charge < -0.3 is 4.74 Å². The van der Waals surface area contributed by atoms with Crippen molar-refractivity contribution in [2.75, 3.05) is 20.7 Å². The molecule has 0 atom stereocenters. The van der Waals surface area contributed by atoms with E-state index in [-0.39, 0.29) is 24.9 Å². The van der Waals surface area contributed by atoms with Gasteiger partial charge in [0.1, 0.15) is 12.4 Å². The third kappa shape index (κ3) is 4.37. The van der Waals surface area contributed by atoms with Crippen LogP contribution in [0.3, 0.4) is 0 Å². The van der Waals surface area contributed by atoms with E-state index in [1.54, 1.807) is 32.3 Å². The smallest absolute Gasteiger partial charge is 0.260 e. The van der Waals surface area contributed by atoms with Crippen LogP contribution in [0.4, 0.5) is 4.39 Å². The summed E-state index contributed by atoms with van der Waals surface area (Å²) in [5, 5.41) is 1.52. The van der Waals surface area contributed by atoms with Crippen LogP contribution in [0.25, 0.3) is 0 Å². The summed E-state index contributed by atoms with van der Waals surface area (Å²) in [6, 6.07) is 6.32. The minimum absolute atomic E-state index is 0.0908. The second kappa shape index (κ2) is 6.19. The van der Waals surface area contributed by atoms with Crippen molar-refractivity contribution in [3.05, 3.63) is 35.6 Å². The van der Waals surface area contributed by atoms with Crippen molar-refractivity contribution in [3.8, 4) is 0 Å². The maximum atomic E-state index is 13.1. The molecule has 0 heterocycles. The topological polar surface area (TPSA) is 41.6 Å². The van der Waals surface area contributed by atoms with E-state index in [0.717, 1.165) is 0 Å². The first-order valence-electron chi connectivity index (χ1n) is 4.87. The van der Waals surface area contributed by atoms with Crippen molar-refractivity contribution in [1.29, 1.82) is 0 Å². The quantitative estimate of drug-likeness (QED) is 0.759. The Hall–Kier alpha value is -1.46. The first-order chi connectivity index (χ1) is 7.59. The fraction of sp³-hybridized carbons (Fsp3) is 0.364. The number of benzene rings is 1. The fourth-order valence-electron chi connectivity index (χ4n) is 1.15. The van der Waals surface area contributed by atoms with Crippen molar-refractivity contribution >= 4 is 5.91 Å². The van der Waals surface area contributed by atoms with E-state index < -0.39 is 0 Å². The summed E-state index contributed by atoms with van der Waals surface area (Å²) in [5.74, 6) is -0.586. The number of hydrogen-bond donors (Lipinski definition) is 1. The molecule has 1 aromatic rings. The molecule has 0 saturated carbocycles. The van der Waals surface area contributed by atoms with Gasteiger partial charge in [0.05, 0.1) is 6.61 Å². The molecule has 4 nitrogen and oxygen atoms in total. The first-order valence-corrected chi connectivity index (χ1v) is 4.87. The number of rotatable bonds is 5. The number of nitrogens with zero attached hydrogens (tertiary/aromatic N) is 1. The van der Waals surface area contributed by atoms with Crippen molar-refractivity contribution < 1.29 is 13.9 Å². The number of ether oxygens (including phenoxy) is 1. The van der Waals surface area contributed by atoms with Crippen molar-refractivity contribution in [1.82, 2.24) is 10.4 Å². The summed E-state index contributed by atoms with van der Waals surface area (Å²) in [4.78, 5) is 11.2. The molecule has 0 aliphatic rings. The Kier molecular flexibility index (Phi) is 4.88. The maximum Gasteiger partial charge on any atom is 0.260 e. The van der Waals surface area contributed by atoms with Gasteiger partial charge in [0.25, 0.3) is 5.91 Å². The molecule has 0 fully saturated rings. The van der Waals surface area contributed by atoms with Crippen LogP contribution in [-0.4, -0.2) is 31.6 Å². The molecule has 0 aliphatic carbocycles. The number of carbonyl (C=O) groups excluding carboxylic acids is 1. The summed E-state index contributed by atoms with van der Waals surface area (Å²) in [7, 11) is 3.41. The molecule has 0 unspecified atom stereocenters.